The lowest BCUT2D eigenvalue weighted by Gasteiger charge is -2.24. The maximum absolute atomic E-state index is 11.2. The lowest BCUT2D eigenvalue weighted by Crippen LogP contribution is -2.16. The van der Waals surface area contributed by atoms with Crippen LogP contribution in [0.4, 0.5) is 0 Å². The zero-order chi connectivity index (χ0) is 26.7. The van der Waals surface area contributed by atoms with Gasteiger partial charge < -0.3 is 19.7 Å². The molecule has 0 atom stereocenters. The van der Waals surface area contributed by atoms with E-state index in [1.165, 1.54) is 64.2 Å². The fourth-order valence-electron chi connectivity index (χ4n) is 5.76. The van der Waals surface area contributed by atoms with Crippen LogP contribution < -0.4 is 9.47 Å². The fourth-order valence-corrected chi connectivity index (χ4v) is 5.76. The standard InChI is InChI=1S/C32H42O6/c33-31(34)17-13-23-11-15-29(37-21-25-7-3-1-4-8-25)27(19-23)28-20-24(14-18-32(35)36)12-16-30(28)38-22-26-9-5-2-6-10-26/h11-12,15-16,19-20,25-26H,1-10,13-14,17-18,21-22H2,(H,33,34)(H,35,36). The normalized spacial score (nSPS) is 16.7. The van der Waals surface area contributed by atoms with Gasteiger partial charge in [0.1, 0.15) is 11.5 Å². The molecule has 0 saturated heterocycles. The van der Waals surface area contributed by atoms with E-state index in [0.717, 1.165) is 33.8 Å². The van der Waals surface area contributed by atoms with Crippen molar-refractivity contribution in [1.82, 2.24) is 0 Å². The zero-order valence-electron chi connectivity index (χ0n) is 22.5. The minimum absolute atomic E-state index is 0.0609. The van der Waals surface area contributed by atoms with Gasteiger partial charge in [-0.15, -0.1) is 0 Å². The Labute approximate surface area is 226 Å². The van der Waals surface area contributed by atoms with Gasteiger partial charge >= 0.3 is 11.9 Å². The van der Waals surface area contributed by atoms with Crippen LogP contribution in [-0.4, -0.2) is 35.4 Å². The molecule has 2 saturated carbocycles. The van der Waals surface area contributed by atoms with Gasteiger partial charge in [0, 0.05) is 24.0 Å². The summed E-state index contributed by atoms with van der Waals surface area (Å²) in [4.78, 5) is 22.5. The van der Waals surface area contributed by atoms with E-state index >= 15 is 0 Å². The molecule has 0 radical (unpaired) electrons. The number of benzene rings is 2. The Bertz CT molecular complexity index is 980. The molecular weight excluding hydrogens is 480 g/mol. The summed E-state index contributed by atoms with van der Waals surface area (Å²) in [5.41, 5.74) is 3.64. The molecule has 2 aliphatic carbocycles. The van der Waals surface area contributed by atoms with Gasteiger partial charge in [-0.05, 0) is 85.8 Å². The van der Waals surface area contributed by atoms with Gasteiger partial charge in [-0.1, -0.05) is 50.7 Å². The van der Waals surface area contributed by atoms with Crippen LogP contribution in [0.3, 0.4) is 0 Å². The Kier molecular flexibility index (Phi) is 10.5. The molecule has 0 bridgehead atoms. The van der Waals surface area contributed by atoms with Crippen LogP contribution in [-0.2, 0) is 22.4 Å². The number of aliphatic carboxylic acids is 2. The van der Waals surface area contributed by atoms with Crippen molar-refractivity contribution in [2.45, 2.75) is 89.9 Å². The SMILES string of the molecule is O=C(O)CCc1ccc(OCC2CCCCC2)c(-c2cc(CCC(=O)O)ccc2OCC2CCCCC2)c1. The lowest BCUT2D eigenvalue weighted by atomic mass is 9.90. The third-order valence-corrected chi connectivity index (χ3v) is 8.03. The number of carboxylic acids is 2. The van der Waals surface area contributed by atoms with Crippen LogP contribution in [0.15, 0.2) is 36.4 Å². The largest absolute Gasteiger partial charge is 0.493 e. The van der Waals surface area contributed by atoms with Crippen LogP contribution in [0.2, 0.25) is 0 Å². The van der Waals surface area contributed by atoms with E-state index in [1.807, 2.05) is 36.4 Å². The van der Waals surface area contributed by atoms with Crippen molar-refractivity contribution in [3.8, 4) is 22.6 Å². The van der Waals surface area contributed by atoms with Crippen molar-refractivity contribution in [3.63, 3.8) is 0 Å². The molecule has 6 nitrogen and oxygen atoms in total. The minimum Gasteiger partial charge on any atom is -0.493 e. The Morgan fingerprint density at radius 3 is 1.39 bits per heavy atom. The van der Waals surface area contributed by atoms with Crippen LogP contribution >= 0.6 is 0 Å². The molecule has 0 aromatic heterocycles. The molecule has 0 amide bonds. The Balaban J connectivity index is 1.65. The van der Waals surface area contributed by atoms with Crippen molar-refractivity contribution in [2.24, 2.45) is 11.8 Å². The number of aryl methyl sites for hydroxylation is 2. The molecule has 38 heavy (non-hydrogen) atoms. The third kappa shape index (κ3) is 8.50. The van der Waals surface area contributed by atoms with Gasteiger partial charge in [0.05, 0.1) is 13.2 Å². The molecule has 2 aliphatic rings. The summed E-state index contributed by atoms with van der Waals surface area (Å²) in [6, 6.07) is 11.9. The molecule has 2 N–H and O–H groups in total. The number of hydrogen-bond acceptors (Lipinski definition) is 4. The second-order valence-electron chi connectivity index (χ2n) is 11.1. The Hall–Kier alpha value is -3.02. The average Bonchev–Trinajstić information content (AvgIpc) is 2.94. The summed E-state index contributed by atoms with van der Waals surface area (Å²) in [5, 5.41) is 18.5. The van der Waals surface area contributed by atoms with Gasteiger partial charge in [0.25, 0.3) is 0 Å². The van der Waals surface area contributed by atoms with E-state index < -0.39 is 11.9 Å². The second-order valence-corrected chi connectivity index (χ2v) is 11.1. The number of ether oxygens (including phenoxy) is 2. The highest BCUT2D eigenvalue weighted by Crippen LogP contribution is 2.40. The topological polar surface area (TPSA) is 93.1 Å². The molecule has 2 aromatic rings. The van der Waals surface area contributed by atoms with E-state index in [0.29, 0.717) is 37.9 Å². The number of carboxylic acid groups (broad SMARTS) is 2. The highest BCUT2D eigenvalue weighted by Gasteiger charge is 2.20. The quantitative estimate of drug-likeness (QED) is 0.287. The molecule has 6 heteroatoms. The van der Waals surface area contributed by atoms with Gasteiger partial charge in [-0.2, -0.15) is 0 Å². The number of hydrogen-bond donors (Lipinski definition) is 2. The van der Waals surface area contributed by atoms with E-state index in [4.69, 9.17) is 9.47 Å². The van der Waals surface area contributed by atoms with Crippen molar-refractivity contribution in [2.75, 3.05) is 13.2 Å². The van der Waals surface area contributed by atoms with E-state index in [1.54, 1.807) is 0 Å². The van der Waals surface area contributed by atoms with Crippen LogP contribution in [0.5, 0.6) is 11.5 Å². The summed E-state index contributed by atoms with van der Waals surface area (Å²) in [6.45, 7) is 1.33. The maximum atomic E-state index is 11.2. The van der Waals surface area contributed by atoms with E-state index in [9.17, 15) is 19.8 Å². The summed E-state index contributed by atoms with van der Waals surface area (Å²) in [5.74, 6) is 0.993. The average molecular weight is 523 g/mol. The summed E-state index contributed by atoms with van der Waals surface area (Å²) in [7, 11) is 0. The van der Waals surface area contributed by atoms with E-state index in [2.05, 4.69) is 0 Å². The minimum atomic E-state index is -0.823. The molecule has 0 unspecified atom stereocenters. The number of rotatable bonds is 13. The monoisotopic (exact) mass is 522 g/mol. The van der Waals surface area contributed by atoms with Crippen LogP contribution in [0.25, 0.3) is 11.1 Å². The molecule has 2 fully saturated rings. The smallest absolute Gasteiger partial charge is 0.303 e. The van der Waals surface area contributed by atoms with Crippen LogP contribution in [0, 0.1) is 11.8 Å². The summed E-state index contributed by atoms with van der Waals surface area (Å²) >= 11 is 0. The molecule has 0 aliphatic heterocycles. The molecule has 0 spiro atoms. The van der Waals surface area contributed by atoms with Gasteiger partial charge in [0.15, 0.2) is 0 Å². The van der Waals surface area contributed by atoms with Crippen LogP contribution in [0.1, 0.15) is 88.2 Å². The fraction of sp³-hybridized carbons (Fsp3) is 0.562. The molecule has 4 rings (SSSR count). The summed E-state index contributed by atoms with van der Waals surface area (Å²) in [6.07, 6.45) is 13.3. The lowest BCUT2D eigenvalue weighted by molar-refractivity contribution is -0.138. The van der Waals surface area contributed by atoms with Crippen molar-refractivity contribution >= 4 is 11.9 Å². The first-order valence-corrected chi connectivity index (χ1v) is 14.4. The Morgan fingerprint density at radius 2 is 1.03 bits per heavy atom. The van der Waals surface area contributed by atoms with Gasteiger partial charge in [0.2, 0.25) is 0 Å². The first-order chi connectivity index (χ1) is 18.5. The maximum Gasteiger partial charge on any atom is 0.303 e. The molecular formula is C32H42O6. The van der Waals surface area contributed by atoms with Crippen molar-refractivity contribution < 1.29 is 29.3 Å². The first-order valence-electron chi connectivity index (χ1n) is 14.4. The predicted octanol–water partition coefficient (Wildman–Crippen LogP) is 7.31. The molecule has 206 valence electrons. The highest BCUT2D eigenvalue weighted by molar-refractivity contribution is 5.77. The zero-order valence-corrected chi connectivity index (χ0v) is 22.5. The Morgan fingerprint density at radius 1 is 0.632 bits per heavy atom. The van der Waals surface area contributed by atoms with Gasteiger partial charge in [-0.3, -0.25) is 9.59 Å². The van der Waals surface area contributed by atoms with E-state index in [-0.39, 0.29) is 12.8 Å². The van der Waals surface area contributed by atoms with Crippen molar-refractivity contribution in [3.05, 3.63) is 47.5 Å². The molecule has 0 heterocycles. The molecule has 2 aromatic carbocycles. The van der Waals surface area contributed by atoms with Gasteiger partial charge in [-0.25, -0.2) is 0 Å². The second kappa shape index (κ2) is 14.2. The summed E-state index contributed by atoms with van der Waals surface area (Å²) < 4.78 is 12.9. The first kappa shape index (κ1) is 28.0. The van der Waals surface area contributed by atoms with Crippen molar-refractivity contribution in [1.29, 1.82) is 0 Å². The third-order valence-electron chi connectivity index (χ3n) is 8.03. The predicted molar refractivity (Wildman–Crippen MR) is 148 cm³/mol. The number of carbonyl (C=O) groups is 2. The highest BCUT2D eigenvalue weighted by atomic mass is 16.5.